The molecule has 0 aromatic carbocycles. The van der Waals surface area contributed by atoms with E-state index in [2.05, 4.69) is 21.7 Å². The Morgan fingerprint density at radius 2 is 2.14 bits per heavy atom. The van der Waals surface area contributed by atoms with Crippen molar-refractivity contribution < 1.29 is 9.59 Å². The highest BCUT2D eigenvalue weighted by Crippen LogP contribution is 2.35. The van der Waals surface area contributed by atoms with Crippen molar-refractivity contribution in [2.45, 2.75) is 20.8 Å². The van der Waals surface area contributed by atoms with Gasteiger partial charge in [0.15, 0.2) is 0 Å². The van der Waals surface area contributed by atoms with Crippen LogP contribution >= 0.6 is 11.3 Å². The predicted octanol–water partition coefficient (Wildman–Crippen LogP) is 3.21. The molecule has 0 spiro atoms. The lowest BCUT2D eigenvalue weighted by Crippen LogP contribution is -2.06. The van der Waals surface area contributed by atoms with Crippen LogP contribution in [0.15, 0.2) is 18.3 Å². The number of thiophene rings is 1. The van der Waals surface area contributed by atoms with Gasteiger partial charge in [0.25, 0.3) is 5.91 Å². The van der Waals surface area contributed by atoms with E-state index in [0.717, 1.165) is 10.4 Å². The fourth-order valence-electron chi connectivity index (χ4n) is 2.42. The molecule has 3 rings (SSSR count). The molecule has 0 saturated carbocycles. The van der Waals surface area contributed by atoms with Crippen LogP contribution in [-0.2, 0) is 9.59 Å². The maximum atomic E-state index is 12.2. The van der Waals surface area contributed by atoms with Crippen LogP contribution in [-0.4, -0.2) is 16.8 Å². The summed E-state index contributed by atoms with van der Waals surface area (Å²) in [6.07, 6.45) is 3.41. The fourth-order valence-corrected chi connectivity index (χ4v) is 3.39. The van der Waals surface area contributed by atoms with Gasteiger partial charge in [0.05, 0.1) is 17.5 Å². The number of nitrogens with zero attached hydrogens (tertiary/aromatic N) is 1. The summed E-state index contributed by atoms with van der Waals surface area (Å²) in [5, 5.41) is 5.43. The minimum atomic E-state index is -0.173. The topological polar surface area (TPSA) is 71.1 Å². The zero-order valence-corrected chi connectivity index (χ0v) is 13.3. The maximum Gasteiger partial charge on any atom is 0.257 e. The van der Waals surface area contributed by atoms with Gasteiger partial charge in [-0.05, 0) is 37.6 Å². The molecular weight excluding hydrogens is 298 g/mol. The van der Waals surface area contributed by atoms with Crippen molar-refractivity contribution in [2.75, 3.05) is 10.6 Å². The molecule has 0 saturated heterocycles. The van der Waals surface area contributed by atoms with Crippen LogP contribution in [0.3, 0.4) is 0 Å². The first-order chi connectivity index (χ1) is 10.4. The highest BCUT2D eigenvalue weighted by atomic mass is 32.1. The second-order valence-electron chi connectivity index (χ2n) is 5.22. The number of anilines is 2. The first-order valence-corrected chi connectivity index (χ1v) is 7.64. The number of hydrogen-bond donors (Lipinski definition) is 2. The van der Waals surface area contributed by atoms with E-state index >= 15 is 0 Å². The lowest BCUT2D eigenvalue weighted by molar-refractivity contribution is -0.114. The minimum Gasteiger partial charge on any atom is -0.325 e. The van der Waals surface area contributed by atoms with E-state index in [-0.39, 0.29) is 11.8 Å². The highest BCUT2D eigenvalue weighted by molar-refractivity contribution is 7.13. The van der Waals surface area contributed by atoms with Gasteiger partial charge in [0, 0.05) is 22.2 Å². The quantitative estimate of drug-likeness (QED) is 0.836. The van der Waals surface area contributed by atoms with Gasteiger partial charge in [-0.25, -0.2) is 4.98 Å². The molecule has 2 amide bonds. The Bertz CT molecular complexity index is 821. The SMILES string of the molecule is CC(=O)Nc1cnc2c(c1)C(=Cc1sc(C)cc1C)C(=O)N2. The van der Waals surface area contributed by atoms with Crippen LogP contribution in [0.2, 0.25) is 0 Å². The Hall–Kier alpha value is -2.47. The lowest BCUT2D eigenvalue weighted by Gasteiger charge is -2.04. The fraction of sp³-hybridized carbons (Fsp3) is 0.188. The molecule has 0 bridgehead atoms. The van der Waals surface area contributed by atoms with Crippen LogP contribution in [0.1, 0.15) is 27.8 Å². The Labute approximate surface area is 132 Å². The number of amides is 2. The van der Waals surface area contributed by atoms with Gasteiger partial charge in [-0.15, -0.1) is 11.3 Å². The van der Waals surface area contributed by atoms with Crippen LogP contribution in [0.5, 0.6) is 0 Å². The lowest BCUT2D eigenvalue weighted by atomic mass is 10.1. The number of aromatic nitrogens is 1. The Kier molecular flexibility index (Phi) is 3.54. The molecular formula is C16H15N3O2S. The molecule has 2 N–H and O–H groups in total. The standard InChI is InChI=1S/C16H15N3O2S/c1-8-4-9(2)22-14(8)6-13-12-5-11(18-10(3)20)7-17-15(12)19-16(13)21/h4-7H,1-3H3,(H,18,20)(H,17,19,21). The van der Waals surface area contributed by atoms with Gasteiger partial charge < -0.3 is 10.6 Å². The average Bonchev–Trinajstić information content (AvgIpc) is 2.90. The van der Waals surface area contributed by atoms with Crippen molar-refractivity contribution in [1.82, 2.24) is 4.98 Å². The number of aryl methyl sites for hydroxylation is 2. The van der Waals surface area contributed by atoms with E-state index < -0.39 is 0 Å². The molecule has 1 aliphatic heterocycles. The van der Waals surface area contributed by atoms with Crippen LogP contribution in [0.4, 0.5) is 11.5 Å². The van der Waals surface area contributed by atoms with Crippen molar-refractivity contribution in [2.24, 2.45) is 0 Å². The van der Waals surface area contributed by atoms with E-state index in [9.17, 15) is 9.59 Å². The normalized spacial score (nSPS) is 14.9. The second-order valence-corrected chi connectivity index (χ2v) is 6.51. The van der Waals surface area contributed by atoms with Crippen molar-refractivity contribution in [1.29, 1.82) is 0 Å². The monoisotopic (exact) mass is 313 g/mol. The van der Waals surface area contributed by atoms with E-state index in [0.29, 0.717) is 22.6 Å². The van der Waals surface area contributed by atoms with Crippen molar-refractivity contribution in [3.63, 3.8) is 0 Å². The van der Waals surface area contributed by atoms with Crippen LogP contribution in [0, 0.1) is 13.8 Å². The summed E-state index contributed by atoms with van der Waals surface area (Å²) in [5.41, 5.74) is 3.00. The number of rotatable bonds is 2. The zero-order chi connectivity index (χ0) is 15.9. The Balaban J connectivity index is 2.06. The third kappa shape index (κ3) is 2.65. The largest absolute Gasteiger partial charge is 0.325 e. The maximum absolute atomic E-state index is 12.2. The molecule has 22 heavy (non-hydrogen) atoms. The van der Waals surface area contributed by atoms with E-state index in [1.54, 1.807) is 17.4 Å². The number of hydrogen-bond acceptors (Lipinski definition) is 4. The molecule has 6 heteroatoms. The summed E-state index contributed by atoms with van der Waals surface area (Å²) >= 11 is 1.65. The van der Waals surface area contributed by atoms with Gasteiger partial charge in [-0.1, -0.05) is 0 Å². The first-order valence-electron chi connectivity index (χ1n) is 6.82. The van der Waals surface area contributed by atoms with Gasteiger partial charge in [0.1, 0.15) is 5.82 Å². The van der Waals surface area contributed by atoms with Crippen molar-refractivity contribution in [3.8, 4) is 0 Å². The molecule has 0 fully saturated rings. The van der Waals surface area contributed by atoms with E-state index in [1.807, 2.05) is 19.9 Å². The molecule has 2 aromatic rings. The van der Waals surface area contributed by atoms with Gasteiger partial charge in [0.2, 0.25) is 5.91 Å². The van der Waals surface area contributed by atoms with Gasteiger partial charge in [-0.2, -0.15) is 0 Å². The Morgan fingerprint density at radius 3 is 2.77 bits per heavy atom. The summed E-state index contributed by atoms with van der Waals surface area (Å²) in [5.74, 6) is 0.179. The third-order valence-electron chi connectivity index (χ3n) is 3.33. The number of fused-ring (bicyclic) bond motifs is 1. The molecule has 0 radical (unpaired) electrons. The Morgan fingerprint density at radius 1 is 1.36 bits per heavy atom. The van der Waals surface area contributed by atoms with Crippen LogP contribution in [0.25, 0.3) is 11.6 Å². The van der Waals surface area contributed by atoms with E-state index in [1.165, 1.54) is 18.0 Å². The summed E-state index contributed by atoms with van der Waals surface area (Å²) in [7, 11) is 0. The van der Waals surface area contributed by atoms with Gasteiger partial charge in [-0.3, -0.25) is 9.59 Å². The molecule has 5 nitrogen and oxygen atoms in total. The van der Waals surface area contributed by atoms with Crippen molar-refractivity contribution in [3.05, 3.63) is 39.2 Å². The number of pyridine rings is 1. The predicted molar refractivity (Wildman–Crippen MR) is 88.8 cm³/mol. The molecule has 112 valence electrons. The summed E-state index contributed by atoms with van der Waals surface area (Å²) in [6.45, 7) is 5.50. The summed E-state index contributed by atoms with van der Waals surface area (Å²) in [4.78, 5) is 29.8. The second kappa shape index (κ2) is 5.38. The number of carbonyl (C=O) groups is 2. The molecule has 0 atom stereocenters. The molecule has 3 heterocycles. The third-order valence-corrected chi connectivity index (χ3v) is 4.43. The summed E-state index contributed by atoms with van der Waals surface area (Å²) in [6, 6.07) is 3.86. The minimum absolute atomic E-state index is 0.172. The highest BCUT2D eigenvalue weighted by Gasteiger charge is 2.26. The average molecular weight is 313 g/mol. The van der Waals surface area contributed by atoms with E-state index in [4.69, 9.17) is 0 Å². The zero-order valence-electron chi connectivity index (χ0n) is 12.5. The number of nitrogens with one attached hydrogen (secondary N) is 2. The number of carbonyl (C=O) groups excluding carboxylic acids is 2. The summed E-state index contributed by atoms with van der Waals surface area (Å²) < 4.78 is 0. The smallest absolute Gasteiger partial charge is 0.257 e. The van der Waals surface area contributed by atoms with Gasteiger partial charge >= 0.3 is 0 Å². The first kappa shape index (κ1) is 14.5. The van der Waals surface area contributed by atoms with Crippen molar-refractivity contribution >= 4 is 46.3 Å². The molecule has 2 aromatic heterocycles. The molecule has 0 aliphatic carbocycles. The molecule has 0 unspecified atom stereocenters. The van der Waals surface area contributed by atoms with Crippen LogP contribution < -0.4 is 10.6 Å². The molecule has 1 aliphatic rings.